The first-order valence-electron chi connectivity index (χ1n) is 7.45. The third-order valence-corrected chi connectivity index (χ3v) is 3.75. The average Bonchev–Trinajstić information content (AvgIpc) is 2.64. The highest BCUT2D eigenvalue weighted by atomic mass is 32.1. The Kier molecular flexibility index (Phi) is 7.32. The fourth-order valence-corrected chi connectivity index (χ4v) is 2.02. The van der Waals surface area contributed by atoms with E-state index in [9.17, 15) is 0 Å². The number of nitrogens with one attached hydrogen (secondary N) is 2. The van der Waals surface area contributed by atoms with Crippen LogP contribution in [0.3, 0.4) is 0 Å². The van der Waals surface area contributed by atoms with Gasteiger partial charge in [-0.25, -0.2) is 0 Å². The average molecular weight is 358 g/mol. The molecule has 0 atom stereocenters. The molecule has 0 amide bonds. The standard InChI is InChI=1S/C18H19N3OS2/c1-19-18(24)13-22-16-7-4-14(5-8-16)6-9-17(23)21-12-15-3-2-10-20-11-15/h2-11H,12-13H2,1H3,(H,19,24)(H,21,23)/b9-6+. The van der Waals surface area contributed by atoms with E-state index in [1.165, 1.54) is 0 Å². The van der Waals surface area contributed by atoms with E-state index in [1.807, 2.05) is 54.7 Å². The van der Waals surface area contributed by atoms with Crippen LogP contribution in [0.25, 0.3) is 6.08 Å². The van der Waals surface area contributed by atoms with Crippen molar-refractivity contribution in [2.45, 2.75) is 6.54 Å². The maximum Gasteiger partial charge on any atom is 0.138 e. The van der Waals surface area contributed by atoms with Gasteiger partial charge in [-0.05, 0) is 35.4 Å². The first-order chi connectivity index (χ1) is 11.7. The predicted molar refractivity (Wildman–Crippen MR) is 106 cm³/mol. The number of hydrogen-bond acceptors (Lipinski definition) is 4. The molecule has 6 heteroatoms. The van der Waals surface area contributed by atoms with Crippen LogP contribution in [0.15, 0.2) is 54.9 Å². The fraction of sp³-hybridized carbons (Fsp3) is 0.167. The molecule has 0 aliphatic rings. The van der Waals surface area contributed by atoms with E-state index < -0.39 is 0 Å². The summed E-state index contributed by atoms with van der Waals surface area (Å²) in [7, 11) is 1.78. The zero-order valence-electron chi connectivity index (χ0n) is 13.4. The molecule has 2 aromatic rings. The van der Waals surface area contributed by atoms with Crippen LogP contribution in [0.2, 0.25) is 0 Å². The van der Waals surface area contributed by atoms with Gasteiger partial charge in [-0.15, -0.1) is 0 Å². The maximum atomic E-state index is 5.55. The third kappa shape index (κ3) is 6.44. The number of aromatic nitrogens is 1. The van der Waals surface area contributed by atoms with Crippen molar-refractivity contribution in [3.63, 3.8) is 0 Å². The van der Waals surface area contributed by atoms with Gasteiger partial charge in [0.15, 0.2) is 0 Å². The zero-order valence-corrected chi connectivity index (χ0v) is 15.0. The Hall–Kier alpha value is -2.31. The van der Waals surface area contributed by atoms with Gasteiger partial charge in [0.1, 0.15) is 17.3 Å². The minimum absolute atomic E-state index is 0.378. The summed E-state index contributed by atoms with van der Waals surface area (Å²) < 4.78 is 5.55. The van der Waals surface area contributed by atoms with Gasteiger partial charge < -0.3 is 15.4 Å². The molecule has 0 fully saturated rings. The van der Waals surface area contributed by atoms with Gasteiger partial charge in [0.2, 0.25) is 0 Å². The van der Waals surface area contributed by atoms with Gasteiger partial charge in [0, 0.05) is 26.0 Å². The van der Waals surface area contributed by atoms with Crippen molar-refractivity contribution in [2.24, 2.45) is 0 Å². The van der Waals surface area contributed by atoms with Crippen LogP contribution in [0.4, 0.5) is 0 Å². The van der Waals surface area contributed by atoms with Crippen molar-refractivity contribution in [2.75, 3.05) is 13.7 Å². The van der Waals surface area contributed by atoms with E-state index in [1.54, 1.807) is 13.2 Å². The largest absolute Gasteiger partial charge is 0.486 e. The molecular formula is C18H19N3OS2. The molecule has 24 heavy (non-hydrogen) atoms. The van der Waals surface area contributed by atoms with Crippen molar-refractivity contribution in [3.8, 4) is 5.75 Å². The SMILES string of the molecule is CNC(=S)COc1ccc(/C=C/C(=S)NCc2cccnc2)cc1. The second-order valence-corrected chi connectivity index (χ2v) is 5.88. The molecule has 2 rings (SSSR count). The summed E-state index contributed by atoms with van der Waals surface area (Å²) in [5.41, 5.74) is 2.14. The van der Waals surface area contributed by atoms with Crippen LogP contribution in [0, 0.1) is 0 Å². The van der Waals surface area contributed by atoms with Crippen LogP contribution in [0.1, 0.15) is 11.1 Å². The minimum atomic E-state index is 0.378. The maximum absolute atomic E-state index is 5.55. The van der Waals surface area contributed by atoms with Crippen molar-refractivity contribution in [3.05, 3.63) is 66.0 Å². The van der Waals surface area contributed by atoms with Crippen molar-refractivity contribution < 1.29 is 4.74 Å². The molecule has 0 spiro atoms. The van der Waals surface area contributed by atoms with Gasteiger partial charge in [-0.3, -0.25) is 4.98 Å². The molecule has 0 radical (unpaired) electrons. The van der Waals surface area contributed by atoms with Crippen LogP contribution >= 0.6 is 24.4 Å². The number of benzene rings is 1. The summed E-state index contributed by atoms with van der Waals surface area (Å²) >= 11 is 10.3. The molecule has 0 saturated carbocycles. The number of thiocarbonyl (C=S) groups is 2. The summed E-state index contributed by atoms with van der Waals surface area (Å²) in [5.74, 6) is 0.780. The lowest BCUT2D eigenvalue weighted by Gasteiger charge is -2.07. The second-order valence-electron chi connectivity index (χ2n) is 4.94. The molecule has 0 bridgehead atoms. The predicted octanol–water partition coefficient (Wildman–Crippen LogP) is 3.14. The Bertz CT molecular complexity index is 700. The number of likely N-dealkylation sites (N-methyl/N-ethyl adjacent to an activating group) is 1. The van der Waals surface area contributed by atoms with Crippen LogP contribution < -0.4 is 15.4 Å². The lowest BCUT2D eigenvalue weighted by Crippen LogP contribution is -2.22. The summed E-state index contributed by atoms with van der Waals surface area (Å²) in [6.45, 7) is 1.04. The lowest BCUT2D eigenvalue weighted by molar-refractivity contribution is 0.375. The van der Waals surface area contributed by atoms with Crippen LogP contribution in [-0.4, -0.2) is 28.6 Å². The van der Waals surface area contributed by atoms with Gasteiger partial charge in [-0.1, -0.05) is 48.7 Å². The minimum Gasteiger partial charge on any atom is -0.486 e. The molecule has 0 unspecified atom stereocenters. The number of hydrogen-bond donors (Lipinski definition) is 2. The van der Waals surface area contributed by atoms with Gasteiger partial charge in [0.05, 0.1) is 4.99 Å². The van der Waals surface area contributed by atoms with Gasteiger partial charge in [-0.2, -0.15) is 0 Å². The summed E-state index contributed by atoms with van der Waals surface area (Å²) in [6, 6.07) is 11.7. The highest BCUT2D eigenvalue weighted by Crippen LogP contribution is 2.13. The monoisotopic (exact) mass is 357 g/mol. The molecule has 0 saturated heterocycles. The Balaban J connectivity index is 1.80. The Morgan fingerprint density at radius 1 is 1.21 bits per heavy atom. The Morgan fingerprint density at radius 2 is 2.00 bits per heavy atom. The molecule has 1 heterocycles. The highest BCUT2D eigenvalue weighted by molar-refractivity contribution is 7.80. The smallest absolute Gasteiger partial charge is 0.138 e. The number of rotatable bonds is 7. The first-order valence-corrected chi connectivity index (χ1v) is 8.27. The van der Waals surface area contributed by atoms with Crippen molar-refractivity contribution >= 4 is 40.5 Å². The fourth-order valence-electron chi connectivity index (χ4n) is 1.82. The summed E-state index contributed by atoms with van der Waals surface area (Å²) in [6.07, 6.45) is 7.40. The molecule has 1 aromatic heterocycles. The Morgan fingerprint density at radius 3 is 2.67 bits per heavy atom. The van der Waals surface area contributed by atoms with Crippen LogP contribution in [-0.2, 0) is 6.54 Å². The molecule has 2 N–H and O–H groups in total. The molecule has 1 aromatic carbocycles. The topological polar surface area (TPSA) is 46.2 Å². The van der Waals surface area contributed by atoms with E-state index in [0.717, 1.165) is 16.9 Å². The van der Waals surface area contributed by atoms with Gasteiger partial charge in [0.25, 0.3) is 0 Å². The zero-order chi connectivity index (χ0) is 17.2. The number of ether oxygens (including phenoxy) is 1. The third-order valence-electron chi connectivity index (χ3n) is 3.15. The van der Waals surface area contributed by atoms with E-state index in [0.29, 0.717) is 23.1 Å². The second kappa shape index (κ2) is 9.75. The van der Waals surface area contributed by atoms with Crippen molar-refractivity contribution in [1.82, 2.24) is 15.6 Å². The van der Waals surface area contributed by atoms with Crippen molar-refractivity contribution in [1.29, 1.82) is 0 Å². The first kappa shape index (κ1) is 18.0. The summed E-state index contributed by atoms with van der Waals surface area (Å²) in [4.78, 5) is 5.42. The summed E-state index contributed by atoms with van der Waals surface area (Å²) in [5, 5.41) is 6.05. The molecule has 0 aliphatic carbocycles. The molecule has 0 aliphatic heterocycles. The normalized spacial score (nSPS) is 10.4. The number of nitrogens with zero attached hydrogens (tertiary/aromatic N) is 1. The highest BCUT2D eigenvalue weighted by Gasteiger charge is 1.97. The Labute approximate surface area is 153 Å². The van der Waals surface area contributed by atoms with E-state index in [2.05, 4.69) is 15.6 Å². The lowest BCUT2D eigenvalue weighted by atomic mass is 10.2. The van der Waals surface area contributed by atoms with E-state index in [-0.39, 0.29) is 0 Å². The molecule has 124 valence electrons. The molecule has 4 nitrogen and oxygen atoms in total. The van der Waals surface area contributed by atoms with Gasteiger partial charge >= 0.3 is 0 Å². The van der Waals surface area contributed by atoms with E-state index >= 15 is 0 Å². The molecular weight excluding hydrogens is 338 g/mol. The quantitative estimate of drug-likeness (QED) is 0.586. The van der Waals surface area contributed by atoms with E-state index in [4.69, 9.17) is 29.2 Å². The number of pyridine rings is 1. The van der Waals surface area contributed by atoms with Crippen LogP contribution in [0.5, 0.6) is 5.75 Å².